The van der Waals surface area contributed by atoms with Gasteiger partial charge in [0, 0.05) is 35.7 Å². The van der Waals surface area contributed by atoms with E-state index in [1.54, 1.807) is 0 Å². The van der Waals surface area contributed by atoms with E-state index in [-0.39, 0.29) is 12.0 Å². The maximum atomic E-state index is 13.5. The maximum absolute atomic E-state index is 13.5. The summed E-state index contributed by atoms with van der Waals surface area (Å²) in [6.07, 6.45) is 1.42. The van der Waals surface area contributed by atoms with Crippen LogP contribution in [-0.4, -0.2) is 39.3 Å². The standard InChI is InChI=1S/C25H27N2O2S/c1-26-23-15-9-14-21(16-23)25(30(2,28)29)22-17-27(25,18-22)24(19-10-5-3-6-11-19)20-12-7-4-8-13-20/h3-16,22,24,26H,17-18H2,1-2H3/q+1. The zero-order valence-electron chi connectivity index (χ0n) is 17.3. The molecule has 154 valence electrons. The van der Waals surface area contributed by atoms with Gasteiger partial charge in [0.25, 0.3) is 0 Å². The quantitative estimate of drug-likeness (QED) is 0.610. The summed E-state index contributed by atoms with van der Waals surface area (Å²) in [5.74, 6) is 0.148. The van der Waals surface area contributed by atoms with Gasteiger partial charge >= 0.3 is 0 Å². The number of anilines is 1. The average molecular weight is 420 g/mol. The Morgan fingerprint density at radius 3 is 1.90 bits per heavy atom. The lowest BCUT2D eigenvalue weighted by Gasteiger charge is -2.76. The predicted molar refractivity (Wildman–Crippen MR) is 121 cm³/mol. The van der Waals surface area contributed by atoms with Gasteiger partial charge in [-0.2, -0.15) is 0 Å². The Balaban J connectivity index is 1.75. The Bertz CT molecular complexity index is 1130. The lowest BCUT2D eigenvalue weighted by Crippen LogP contribution is -2.92. The van der Waals surface area contributed by atoms with Crippen LogP contribution in [0.25, 0.3) is 0 Å². The van der Waals surface area contributed by atoms with Crippen LogP contribution in [0.15, 0.2) is 84.9 Å². The normalized spacial score (nSPS) is 27.2. The monoisotopic (exact) mass is 419 g/mol. The summed E-state index contributed by atoms with van der Waals surface area (Å²) in [7, 11) is -1.51. The summed E-state index contributed by atoms with van der Waals surface area (Å²) in [5.41, 5.74) is 4.17. The molecule has 3 aliphatic heterocycles. The molecule has 6 rings (SSSR count). The third-order valence-electron chi connectivity index (χ3n) is 7.16. The van der Waals surface area contributed by atoms with Crippen molar-refractivity contribution in [3.8, 4) is 0 Å². The van der Waals surface area contributed by atoms with E-state index in [1.807, 2.05) is 67.7 Å². The van der Waals surface area contributed by atoms with Crippen LogP contribution in [0.1, 0.15) is 22.7 Å². The van der Waals surface area contributed by atoms with Crippen LogP contribution in [0.3, 0.4) is 0 Å². The molecular formula is C25H27N2O2S+. The van der Waals surface area contributed by atoms with Gasteiger partial charge in [0.2, 0.25) is 14.7 Å². The number of nitrogens with zero attached hydrogens (tertiary/aromatic N) is 1. The maximum Gasteiger partial charge on any atom is 0.240 e. The molecule has 3 fully saturated rings. The number of rotatable bonds is 6. The lowest BCUT2D eigenvalue weighted by molar-refractivity contribution is -1.11. The van der Waals surface area contributed by atoms with Crippen molar-refractivity contribution in [3.05, 3.63) is 102 Å². The van der Waals surface area contributed by atoms with E-state index in [1.165, 1.54) is 17.4 Å². The summed E-state index contributed by atoms with van der Waals surface area (Å²) in [4.78, 5) is -0.907. The van der Waals surface area contributed by atoms with E-state index < -0.39 is 14.7 Å². The highest BCUT2D eigenvalue weighted by Crippen LogP contribution is 2.70. The molecule has 5 heteroatoms. The van der Waals surface area contributed by atoms with Crippen LogP contribution in [0.2, 0.25) is 0 Å². The van der Waals surface area contributed by atoms with Gasteiger partial charge in [-0.3, -0.25) is 4.48 Å². The van der Waals surface area contributed by atoms with Crippen LogP contribution in [0.5, 0.6) is 0 Å². The number of sulfone groups is 1. The van der Waals surface area contributed by atoms with Crippen molar-refractivity contribution in [2.24, 2.45) is 5.92 Å². The smallest absolute Gasteiger partial charge is 0.240 e. The van der Waals surface area contributed by atoms with Crippen molar-refractivity contribution in [1.29, 1.82) is 0 Å². The minimum atomic E-state index is -3.38. The molecule has 0 spiro atoms. The van der Waals surface area contributed by atoms with Crippen LogP contribution >= 0.6 is 0 Å². The molecule has 3 aliphatic rings. The topological polar surface area (TPSA) is 46.2 Å². The summed E-state index contributed by atoms with van der Waals surface area (Å²) < 4.78 is 27.6. The van der Waals surface area contributed by atoms with Gasteiger partial charge in [-0.05, 0) is 12.1 Å². The van der Waals surface area contributed by atoms with Gasteiger partial charge in [-0.1, -0.05) is 72.8 Å². The highest BCUT2D eigenvalue weighted by atomic mass is 32.2. The summed E-state index contributed by atoms with van der Waals surface area (Å²) in [6.45, 7) is 1.76. The first kappa shape index (κ1) is 19.3. The van der Waals surface area contributed by atoms with E-state index in [9.17, 15) is 8.42 Å². The summed E-state index contributed by atoms with van der Waals surface area (Å²) in [5, 5.41) is 3.17. The lowest BCUT2D eigenvalue weighted by atomic mass is 9.64. The molecule has 0 radical (unpaired) electrons. The number of nitrogens with one attached hydrogen (secondary N) is 1. The second-order valence-corrected chi connectivity index (χ2v) is 10.8. The van der Waals surface area contributed by atoms with Gasteiger partial charge in [-0.15, -0.1) is 0 Å². The second kappa shape index (κ2) is 6.69. The van der Waals surface area contributed by atoms with Gasteiger partial charge in [0.1, 0.15) is 12.0 Å². The Morgan fingerprint density at radius 1 is 0.900 bits per heavy atom. The van der Waals surface area contributed by atoms with Crippen molar-refractivity contribution in [2.45, 2.75) is 10.9 Å². The molecule has 1 atom stereocenters. The molecule has 3 aromatic rings. The van der Waals surface area contributed by atoms with Crippen LogP contribution in [-0.2, 0) is 14.7 Å². The van der Waals surface area contributed by atoms with E-state index >= 15 is 0 Å². The van der Waals surface area contributed by atoms with Gasteiger partial charge < -0.3 is 5.32 Å². The zero-order valence-corrected chi connectivity index (χ0v) is 18.1. The van der Waals surface area contributed by atoms with E-state index in [2.05, 4.69) is 29.6 Å². The van der Waals surface area contributed by atoms with Crippen LogP contribution in [0, 0.1) is 5.92 Å². The van der Waals surface area contributed by atoms with Crippen molar-refractivity contribution >= 4 is 15.5 Å². The molecule has 3 heterocycles. The zero-order chi connectivity index (χ0) is 21.0. The molecule has 2 bridgehead atoms. The molecule has 1 N–H and O–H groups in total. The van der Waals surface area contributed by atoms with Crippen molar-refractivity contribution in [1.82, 2.24) is 0 Å². The van der Waals surface area contributed by atoms with Crippen LogP contribution in [0.4, 0.5) is 5.69 Å². The highest BCUT2D eigenvalue weighted by Gasteiger charge is 2.86. The van der Waals surface area contributed by atoms with E-state index in [4.69, 9.17) is 0 Å². The number of benzene rings is 3. The molecule has 3 aromatic carbocycles. The Morgan fingerprint density at radius 2 is 1.47 bits per heavy atom. The van der Waals surface area contributed by atoms with Crippen molar-refractivity contribution < 1.29 is 12.9 Å². The van der Waals surface area contributed by atoms with E-state index in [0.717, 1.165) is 24.3 Å². The Hall–Kier alpha value is -2.63. The number of hydrogen-bond acceptors (Lipinski definition) is 3. The first-order valence-corrected chi connectivity index (χ1v) is 12.3. The molecule has 0 aromatic heterocycles. The molecule has 0 aliphatic carbocycles. The summed E-state index contributed by atoms with van der Waals surface area (Å²) >= 11 is 0. The van der Waals surface area contributed by atoms with Crippen molar-refractivity contribution in [2.75, 3.05) is 31.7 Å². The fourth-order valence-electron chi connectivity index (χ4n) is 6.06. The fourth-order valence-corrected chi connectivity index (χ4v) is 8.29. The fraction of sp³-hybridized carbons (Fsp3) is 0.280. The first-order valence-electron chi connectivity index (χ1n) is 10.4. The van der Waals surface area contributed by atoms with Gasteiger partial charge in [0.15, 0.2) is 0 Å². The Labute approximate surface area is 178 Å². The molecule has 4 nitrogen and oxygen atoms in total. The van der Waals surface area contributed by atoms with Crippen LogP contribution < -0.4 is 5.32 Å². The summed E-state index contributed by atoms with van der Waals surface area (Å²) in [6, 6.07) is 28.7. The molecule has 0 amide bonds. The SMILES string of the molecule is CNc1cccc(C2(S(C)(=O)=O)C3C[N+]2(C(c2ccccc2)c2ccccc2)C3)c1. The number of hydrogen-bond donors (Lipinski definition) is 1. The average Bonchev–Trinajstić information content (AvgIpc) is 2.70. The van der Waals surface area contributed by atoms with E-state index in [0.29, 0.717) is 4.48 Å². The molecule has 0 saturated carbocycles. The third kappa shape index (κ3) is 2.39. The molecule has 30 heavy (non-hydrogen) atoms. The number of quaternary nitrogens is 1. The molecular weight excluding hydrogens is 392 g/mol. The van der Waals surface area contributed by atoms with Gasteiger partial charge in [-0.25, -0.2) is 8.42 Å². The molecule has 3 saturated heterocycles. The largest absolute Gasteiger partial charge is 0.388 e. The predicted octanol–water partition coefficient (Wildman–Crippen LogP) is 4.18. The minimum absolute atomic E-state index is 0.0228. The minimum Gasteiger partial charge on any atom is -0.388 e. The Kier molecular flexibility index (Phi) is 4.31. The van der Waals surface area contributed by atoms with Gasteiger partial charge in [0.05, 0.1) is 13.1 Å². The third-order valence-corrected chi connectivity index (χ3v) is 9.23. The highest BCUT2D eigenvalue weighted by molar-refractivity contribution is 7.91. The first-order chi connectivity index (χ1) is 14.4. The van der Waals surface area contributed by atoms with Crippen molar-refractivity contribution in [3.63, 3.8) is 0 Å². The molecule has 1 unspecified atom stereocenters. The second-order valence-electron chi connectivity index (χ2n) is 8.62.